The highest BCUT2D eigenvalue weighted by Crippen LogP contribution is 2.41. The summed E-state index contributed by atoms with van der Waals surface area (Å²) in [5.41, 5.74) is 2.15. The quantitative estimate of drug-likeness (QED) is 0.669. The van der Waals surface area contributed by atoms with Crippen LogP contribution in [-0.4, -0.2) is 27.2 Å². The number of fused-ring (bicyclic) bond motifs is 2. The molecule has 2 bridgehead atoms. The number of aromatic carboxylic acids is 1. The lowest BCUT2D eigenvalue weighted by atomic mass is 10.00. The Bertz CT molecular complexity index is 874. The minimum Gasteiger partial charge on any atom is -0.492 e. The summed E-state index contributed by atoms with van der Waals surface area (Å²) in [5, 5.41) is 23.8. The average molecular weight is 370 g/mol. The van der Waals surface area contributed by atoms with Gasteiger partial charge in [-0.25, -0.2) is 4.79 Å². The summed E-state index contributed by atoms with van der Waals surface area (Å²) in [6, 6.07) is 5.76. The number of aryl methyl sites for hydroxylation is 3. The van der Waals surface area contributed by atoms with Gasteiger partial charge < -0.3 is 15.5 Å². The van der Waals surface area contributed by atoms with Crippen LogP contribution in [0.1, 0.15) is 39.2 Å². The van der Waals surface area contributed by atoms with Gasteiger partial charge in [0.05, 0.1) is 10.4 Å². The third-order valence-electron chi connectivity index (χ3n) is 5.38. The molecule has 1 fully saturated rings. The van der Waals surface area contributed by atoms with E-state index >= 15 is 0 Å². The molecule has 2 aromatic rings. The fourth-order valence-corrected chi connectivity index (χ4v) is 4.98. The molecule has 2 aliphatic carbocycles. The Labute approximate surface area is 156 Å². The van der Waals surface area contributed by atoms with Gasteiger partial charge in [0.25, 0.3) is 0 Å². The summed E-state index contributed by atoms with van der Waals surface area (Å²) in [5.74, 6) is 0.391. The predicted molar refractivity (Wildman–Crippen MR) is 102 cm³/mol. The number of anilines is 1. The number of carbonyl (C=O) groups is 1. The summed E-state index contributed by atoms with van der Waals surface area (Å²) < 4.78 is 0. The molecule has 0 spiro atoms. The highest BCUT2D eigenvalue weighted by Gasteiger charge is 2.36. The lowest BCUT2D eigenvalue weighted by Gasteiger charge is -2.18. The van der Waals surface area contributed by atoms with Crippen LogP contribution in [0.4, 0.5) is 5.13 Å². The maximum atomic E-state index is 11.4. The van der Waals surface area contributed by atoms with E-state index in [1.54, 1.807) is 6.07 Å². The number of allylic oxidation sites excluding steroid dienone is 1. The van der Waals surface area contributed by atoms with Gasteiger partial charge in [0.1, 0.15) is 0 Å². The fourth-order valence-electron chi connectivity index (χ4n) is 4.06. The molecule has 3 atom stereocenters. The van der Waals surface area contributed by atoms with Crippen molar-refractivity contribution in [2.24, 2.45) is 11.8 Å². The summed E-state index contributed by atoms with van der Waals surface area (Å²) >= 11 is 1.47. The van der Waals surface area contributed by atoms with Gasteiger partial charge in [-0.05, 0) is 56.1 Å². The number of nitrogens with zero attached hydrogens (tertiary/aromatic N) is 1. The van der Waals surface area contributed by atoms with Crippen LogP contribution in [0.5, 0.6) is 5.88 Å². The first kappa shape index (κ1) is 17.1. The summed E-state index contributed by atoms with van der Waals surface area (Å²) in [6.07, 6.45) is 8.07. The van der Waals surface area contributed by atoms with Gasteiger partial charge in [-0.15, -0.1) is 0 Å². The zero-order chi connectivity index (χ0) is 18.3. The molecule has 6 heteroatoms. The van der Waals surface area contributed by atoms with E-state index in [-0.39, 0.29) is 5.88 Å². The van der Waals surface area contributed by atoms with Crippen molar-refractivity contribution in [3.63, 3.8) is 0 Å². The number of hydrogen-bond donors (Lipinski definition) is 3. The second-order valence-electron chi connectivity index (χ2n) is 7.26. The van der Waals surface area contributed by atoms with E-state index < -0.39 is 5.97 Å². The SMILES string of the molecule is Cc1ccc(C(=O)O)c(CCc2sc(NC3CC4C=CC3C4)nc2O)c1. The summed E-state index contributed by atoms with van der Waals surface area (Å²) in [7, 11) is 0. The molecule has 0 radical (unpaired) electrons. The minimum absolute atomic E-state index is 0.0562. The van der Waals surface area contributed by atoms with Gasteiger partial charge in [0.15, 0.2) is 5.13 Å². The number of carboxylic acid groups (broad SMARTS) is 1. The van der Waals surface area contributed by atoms with Gasteiger partial charge in [0.2, 0.25) is 5.88 Å². The van der Waals surface area contributed by atoms with E-state index in [1.165, 1.54) is 17.8 Å². The molecular formula is C20H22N2O3S. The van der Waals surface area contributed by atoms with Crippen LogP contribution in [0.15, 0.2) is 30.4 Å². The largest absolute Gasteiger partial charge is 0.492 e. The van der Waals surface area contributed by atoms with E-state index in [0.29, 0.717) is 36.3 Å². The first-order valence-corrected chi connectivity index (χ1v) is 9.77. The van der Waals surface area contributed by atoms with Gasteiger partial charge in [-0.2, -0.15) is 4.98 Å². The Balaban J connectivity index is 1.45. The molecule has 1 aromatic carbocycles. The maximum absolute atomic E-state index is 11.4. The van der Waals surface area contributed by atoms with Crippen molar-refractivity contribution in [1.29, 1.82) is 0 Å². The molecule has 4 rings (SSSR count). The normalized spacial score (nSPS) is 23.5. The Morgan fingerprint density at radius 3 is 2.85 bits per heavy atom. The predicted octanol–water partition coefficient (Wildman–Crippen LogP) is 4.02. The van der Waals surface area contributed by atoms with Crippen LogP contribution in [0.25, 0.3) is 0 Å². The van der Waals surface area contributed by atoms with E-state index in [4.69, 9.17) is 0 Å². The number of rotatable bonds is 6. The van der Waals surface area contributed by atoms with E-state index in [1.807, 2.05) is 19.1 Å². The van der Waals surface area contributed by atoms with Crippen molar-refractivity contribution >= 4 is 22.4 Å². The molecule has 3 unspecified atom stereocenters. The van der Waals surface area contributed by atoms with Crippen LogP contribution in [-0.2, 0) is 12.8 Å². The molecule has 5 nitrogen and oxygen atoms in total. The standard InChI is InChI=1S/C20H22N2O3S/c1-11-2-6-15(19(24)25)13(8-11)5-7-17-18(23)22-20(26-17)21-16-10-12-3-4-14(16)9-12/h2-4,6,8,12,14,16,23H,5,7,9-10H2,1H3,(H,21,22)(H,24,25). The van der Waals surface area contributed by atoms with Crippen molar-refractivity contribution in [3.8, 4) is 5.88 Å². The first-order chi connectivity index (χ1) is 12.5. The Hall–Kier alpha value is -2.34. The van der Waals surface area contributed by atoms with Crippen molar-refractivity contribution < 1.29 is 15.0 Å². The van der Waals surface area contributed by atoms with Crippen molar-refractivity contribution in [3.05, 3.63) is 51.9 Å². The third-order valence-corrected chi connectivity index (χ3v) is 6.41. The summed E-state index contributed by atoms with van der Waals surface area (Å²) in [6.45, 7) is 1.95. The molecule has 136 valence electrons. The number of benzene rings is 1. The van der Waals surface area contributed by atoms with Gasteiger partial charge >= 0.3 is 5.97 Å². The van der Waals surface area contributed by atoms with Gasteiger partial charge in [-0.3, -0.25) is 0 Å². The monoisotopic (exact) mass is 370 g/mol. The number of aromatic hydroxyl groups is 1. The lowest BCUT2D eigenvalue weighted by molar-refractivity contribution is 0.0695. The van der Waals surface area contributed by atoms with Crippen LogP contribution >= 0.6 is 11.3 Å². The van der Waals surface area contributed by atoms with Crippen LogP contribution in [0.3, 0.4) is 0 Å². The van der Waals surface area contributed by atoms with E-state index in [2.05, 4.69) is 22.5 Å². The zero-order valence-corrected chi connectivity index (χ0v) is 15.4. The van der Waals surface area contributed by atoms with Crippen LogP contribution in [0.2, 0.25) is 0 Å². The van der Waals surface area contributed by atoms with Crippen LogP contribution < -0.4 is 5.32 Å². The first-order valence-electron chi connectivity index (χ1n) is 8.96. The third kappa shape index (κ3) is 3.33. The Morgan fingerprint density at radius 1 is 1.31 bits per heavy atom. The number of hydrogen-bond acceptors (Lipinski definition) is 5. The fraction of sp³-hybridized carbons (Fsp3) is 0.400. The number of aromatic nitrogens is 1. The zero-order valence-electron chi connectivity index (χ0n) is 14.6. The van der Waals surface area contributed by atoms with Crippen molar-refractivity contribution in [1.82, 2.24) is 4.98 Å². The van der Waals surface area contributed by atoms with Crippen molar-refractivity contribution in [2.75, 3.05) is 5.32 Å². The molecular weight excluding hydrogens is 348 g/mol. The smallest absolute Gasteiger partial charge is 0.335 e. The van der Waals surface area contributed by atoms with E-state index in [0.717, 1.165) is 27.6 Å². The molecule has 0 amide bonds. The molecule has 3 N–H and O–H groups in total. The molecule has 1 aromatic heterocycles. The number of thiazole rings is 1. The topological polar surface area (TPSA) is 82.5 Å². The Kier molecular flexibility index (Phi) is 4.44. The lowest BCUT2D eigenvalue weighted by Crippen LogP contribution is -2.23. The molecule has 0 aliphatic heterocycles. The maximum Gasteiger partial charge on any atom is 0.335 e. The molecule has 1 heterocycles. The molecule has 1 saturated carbocycles. The second kappa shape index (κ2) is 6.76. The minimum atomic E-state index is -0.916. The molecule has 2 aliphatic rings. The Morgan fingerprint density at radius 2 is 2.15 bits per heavy atom. The molecule has 26 heavy (non-hydrogen) atoms. The number of nitrogens with one attached hydrogen (secondary N) is 1. The highest BCUT2D eigenvalue weighted by molar-refractivity contribution is 7.15. The van der Waals surface area contributed by atoms with Crippen LogP contribution in [0, 0.1) is 18.8 Å². The summed E-state index contributed by atoms with van der Waals surface area (Å²) in [4.78, 5) is 16.5. The van der Waals surface area contributed by atoms with Crippen molar-refractivity contribution in [2.45, 2.75) is 38.6 Å². The number of carboxylic acids is 1. The average Bonchev–Trinajstić information content (AvgIpc) is 3.29. The molecule has 0 saturated heterocycles. The van der Waals surface area contributed by atoms with E-state index in [9.17, 15) is 15.0 Å². The highest BCUT2D eigenvalue weighted by atomic mass is 32.1. The second-order valence-corrected chi connectivity index (χ2v) is 8.35. The van der Waals surface area contributed by atoms with Gasteiger partial charge in [-0.1, -0.05) is 41.2 Å². The van der Waals surface area contributed by atoms with Gasteiger partial charge in [0, 0.05) is 6.04 Å².